The lowest BCUT2D eigenvalue weighted by atomic mass is 9.89. The first-order valence-corrected chi connectivity index (χ1v) is 7.55. The number of aromatic hydroxyl groups is 2. The van der Waals surface area contributed by atoms with Crippen LogP contribution in [0.1, 0.15) is 32.8 Å². The molecule has 2 N–H and O–H groups in total. The van der Waals surface area contributed by atoms with Gasteiger partial charge in [-0.2, -0.15) is 0 Å². The molecule has 0 aliphatic carbocycles. The van der Waals surface area contributed by atoms with Crippen molar-refractivity contribution in [3.63, 3.8) is 0 Å². The van der Waals surface area contributed by atoms with Crippen LogP contribution in [0.15, 0.2) is 51.4 Å². The van der Waals surface area contributed by atoms with Crippen LogP contribution in [0, 0.1) is 5.92 Å². The summed E-state index contributed by atoms with van der Waals surface area (Å²) < 4.78 is 5.43. The summed E-state index contributed by atoms with van der Waals surface area (Å²) in [5.41, 5.74) is 2.62. The summed E-state index contributed by atoms with van der Waals surface area (Å²) in [7, 11) is 0. The Hall–Kier alpha value is -2.49. The van der Waals surface area contributed by atoms with Crippen LogP contribution < -0.4 is 5.43 Å². The van der Waals surface area contributed by atoms with E-state index in [2.05, 4.69) is 12.7 Å². The zero-order valence-corrected chi connectivity index (χ0v) is 13.7. The Bertz CT molecular complexity index is 823. The molecule has 0 fully saturated rings. The molecule has 4 nitrogen and oxygen atoms in total. The van der Waals surface area contributed by atoms with Gasteiger partial charge in [0.25, 0.3) is 0 Å². The monoisotopic (exact) mass is 314 g/mol. The van der Waals surface area contributed by atoms with E-state index in [0.717, 1.165) is 12.0 Å². The SMILES string of the molecule is C=C(C)C(CC=C(C)C)Cc1c(O)cc(O)c2c(=O)ccoc12. The van der Waals surface area contributed by atoms with Gasteiger partial charge in [-0.05, 0) is 39.5 Å². The molecule has 1 aromatic heterocycles. The van der Waals surface area contributed by atoms with Crippen LogP contribution in [0.25, 0.3) is 11.0 Å². The maximum absolute atomic E-state index is 12.0. The summed E-state index contributed by atoms with van der Waals surface area (Å²) >= 11 is 0. The molecule has 0 aliphatic heterocycles. The number of phenols is 2. The van der Waals surface area contributed by atoms with Crippen molar-refractivity contribution in [1.82, 2.24) is 0 Å². The lowest BCUT2D eigenvalue weighted by Crippen LogP contribution is -2.07. The lowest BCUT2D eigenvalue weighted by molar-refractivity contribution is 0.442. The molecule has 2 rings (SSSR count). The highest BCUT2D eigenvalue weighted by Gasteiger charge is 2.19. The van der Waals surface area contributed by atoms with Crippen molar-refractivity contribution in [1.29, 1.82) is 0 Å². The van der Waals surface area contributed by atoms with Gasteiger partial charge in [-0.25, -0.2) is 0 Å². The molecule has 0 radical (unpaired) electrons. The molecule has 0 aliphatic rings. The maximum Gasteiger partial charge on any atom is 0.196 e. The third kappa shape index (κ3) is 3.65. The molecule has 1 unspecified atom stereocenters. The van der Waals surface area contributed by atoms with Gasteiger partial charge in [0.15, 0.2) is 5.43 Å². The Kier molecular flexibility index (Phi) is 4.94. The van der Waals surface area contributed by atoms with E-state index in [1.807, 2.05) is 20.8 Å². The predicted octanol–water partition coefficient (Wildman–Crippen LogP) is 4.30. The number of hydrogen-bond acceptors (Lipinski definition) is 4. The van der Waals surface area contributed by atoms with Crippen LogP contribution in [0.4, 0.5) is 0 Å². The van der Waals surface area contributed by atoms with Gasteiger partial charge in [0.05, 0.1) is 6.26 Å². The standard InChI is InChI=1S/C19H22O4/c1-11(2)5-6-13(12(3)4)9-14-16(21)10-17(22)18-15(20)7-8-23-19(14)18/h5,7-8,10,13,21-22H,3,6,9H2,1-2,4H3. The fourth-order valence-electron chi connectivity index (χ4n) is 2.57. The molecule has 4 heteroatoms. The predicted molar refractivity (Wildman–Crippen MR) is 91.9 cm³/mol. The largest absolute Gasteiger partial charge is 0.507 e. The first-order valence-electron chi connectivity index (χ1n) is 7.55. The summed E-state index contributed by atoms with van der Waals surface area (Å²) in [5.74, 6) is -0.242. The first kappa shape index (κ1) is 16.9. The summed E-state index contributed by atoms with van der Waals surface area (Å²) in [6.07, 6.45) is 4.67. The van der Waals surface area contributed by atoms with E-state index in [0.29, 0.717) is 12.0 Å². The first-order chi connectivity index (χ1) is 10.8. The van der Waals surface area contributed by atoms with E-state index in [1.54, 1.807) is 0 Å². The zero-order valence-electron chi connectivity index (χ0n) is 13.7. The molecule has 23 heavy (non-hydrogen) atoms. The highest BCUT2D eigenvalue weighted by Crippen LogP contribution is 2.35. The average Bonchev–Trinajstić information content (AvgIpc) is 2.45. The van der Waals surface area contributed by atoms with Gasteiger partial charge in [-0.15, -0.1) is 0 Å². The molecule has 2 aromatic rings. The minimum Gasteiger partial charge on any atom is -0.507 e. The smallest absolute Gasteiger partial charge is 0.196 e. The summed E-state index contributed by atoms with van der Waals surface area (Å²) in [4.78, 5) is 12.0. The van der Waals surface area contributed by atoms with Crippen LogP contribution in [0.5, 0.6) is 11.5 Å². The van der Waals surface area contributed by atoms with Crippen LogP contribution >= 0.6 is 0 Å². The number of hydrogen-bond donors (Lipinski definition) is 2. The second-order valence-corrected chi connectivity index (χ2v) is 6.15. The Labute approximate surface area is 135 Å². The van der Waals surface area contributed by atoms with Crippen molar-refractivity contribution < 1.29 is 14.6 Å². The second-order valence-electron chi connectivity index (χ2n) is 6.15. The highest BCUT2D eigenvalue weighted by atomic mass is 16.3. The minimum atomic E-state index is -0.332. The van der Waals surface area contributed by atoms with E-state index in [9.17, 15) is 15.0 Å². The highest BCUT2D eigenvalue weighted by molar-refractivity contribution is 5.87. The average molecular weight is 314 g/mol. The van der Waals surface area contributed by atoms with Crippen molar-refractivity contribution in [2.75, 3.05) is 0 Å². The van der Waals surface area contributed by atoms with Gasteiger partial charge in [0.1, 0.15) is 22.5 Å². The minimum absolute atomic E-state index is 0.0761. The van der Waals surface area contributed by atoms with Crippen molar-refractivity contribution in [2.24, 2.45) is 5.92 Å². The summed E-state index contributed by atoms with van der Waals surface area (Å²) in [5, 5.41) is 20.3. The molecule has 0 amide bonds. The Balaban J connectivity index is 2.54. The zero-order chi connectivity index (χ0) is 17.1. The summed E-state index contributed by atoms with van der Waals surface area (Å²) in [6, 6.07) is 2.45. The van der Waals surface area contributed by atoms with E-state index < -0.39 is 0 Å². The fourth-order valence-corrected chi connectivity index (χ4v) is 2.57. The lowest BCUT2D eigenvalue weighted by Gasteiger charge is -2.17. The Morgan fingerprint density at radius 2 is 2.00 bits per heavy atom. The van der Waals surface area contributed by atoms with Crippen LogP contribution in [-0.2, 0) is 6.42 Å². The van der Waals surface area contributed by atoms with Crippen molar-refractivity contribution in [2.45, 2.75) is 33.6 Å². The number of benzene rings is 1. The van der Waals surface area contributed by atoms with Crippen LogP contribution in [-0.4, -0.2) is 10.2 Å². The molecule has 1 heterocycles. The maximum atomic E-state index is 12.0. The number of phenolic OH excluding ortho intramolecular Hbond substituents is 2. The third-order valence-electron chi connectivity index (χ3n) is 3.95. The summed E-state index contributed by atoms with van der Waals surface area (Å²) in [6.45, 7) is 10.0. The molecular weight excluding hydrogens is 292 g/mol. The second kappa shape index (κ2) is 6.73. The normalized spacial score (nSPS) is 12.1. The van der Waals surface area contributed by atoms with Crippen molar-refractivity contribution >= 4 is 11.0 Å². The van der Waals surface area contributed by atoms with Crippen LogP contribution in [0.2, 0.25) is 0 Å². The van der Waals surface area contributed by atoms with E-state index >= 15 is 0 Å². The van der Waals surface area contributed by atoms with Crippen molar-refractivity contribution in [3.05, 3.63) is 58.0 Å². The van der Waals surface area contributed by atoms with E-state index in [1.165, 1.54) is 24.0 Å². The number of rotatable bonds is 5. The quantitative estimate of drug-likeness (QED) is 0.807. The fraction of sp³-hybridized carbons (Fsp3) is 0.316. The molecule has 0 bridgehead atoms. The molecule has 0 saturated heterocycles. The van der Waals surface area contributed by atoms with E-state index in [-0.39, 0.29) is 33.8 Å². The topological polar surface area (TPSA) is 70.7 Å². The van der Waals surface area contributed by atoms with Gasteiger partial charge in [0.2, 0.25) is 0 Å². The van der Waals surface area contributed by atoms with Gasteiger partial charge in [0, 0.05) is 17.7 Å². The molecule has 1 atom stereocenters. The Morgan fingerprint density at radius 1 is 1.30 bits per heavy atom. The molecule has 1 aromatic carbocycles. The van der Waals surface area contributed by atoms with Gasteiger partial charge in [-0.1, -0.05) is 23.8 Å². The van der Waals surface area contributed by atoms with E-state index in [4.69, 9.17) is 4.42 Å². The molecule has 0 spiro atoms. The molecule has 122 valence electrons. The number of allylic oxidation sites excluding steroid dienone is 3. The van der Waals surface area contributed by atoms with Crippen molar-refractivity contribution in [3.8, 4) is 11.5 Å². The van der Waals surface area contributed by atoms with Gasteiger partial charge in [-0.3, -0.25) is 4.79 Å². The van der Waals surface area contributed by atoms with Gasteiger partial charge < -0.3 is 14.6 Å². The molecule has 0 saturated carbocycles. The molecular formula is C19H22O4. The number of fused-ring (bicyclic) bond motifs is 1. The van der Waals surface area contributed by atoms with Crippen LogP contribution in [0.3, 0.4) is 0 Å². The van der Waals surface area contributed by atoms with Gasteiger partial charge >= 0.3 is 0 Å². The Morgan fingerprint density at radius 3 is 2.61 bits per heavy atom. The third-order valence-corrected chi connectivity index (χ3v) is 3.95.